The molecule has 0 aromatic heterocycles. The summed E-state index contributed by atoms with van der Waals surface area (Å²) in [5.41, 5.74) is 0. The average molecular weight is 258 g/mol. The van der Waals surface area contributed by atoms with Gasteiger partial charge in [-0.25, -0.2) is 4.79 Å². The Morgan fingerprint density at radius 1 is 1.06 bits per heavy atom. The molecule has 0 N–H and O–H groups in total. The van der Waals surface area contributed by atoms with Gasteiger partial charge in [-0.05, 0) is 25.7 Å². The molecule has 0 aliphatic rings. The molecule has 2 atom stereocenters. The molecule has 108 valence electrons. The molecular weight excluding hydrogens is 228 g/mol. The molecule has 0 aromatic rings. The Morgan fingerprint density at radius 3 is 2.33 bits per heavy atom. The normalized spacial score (nSPS) is 14.0. The lowest BCUT2D eigenvalue weighted by molar-refractivity contribution is 0.0183. The summed E-state index contributed by atoms with van der Waals surface area (Å²) in [6, 6.07) is 0. The predicted octanol–water partition coefficient (Wildman–Crippen LogP) is 4.93. The van der Waals surface area contributed by atoms with Crippen molar-refractivity contribution in [1.82, 2.24) is 0 Å². The maximum absolute atomic E-state index is 11.4. The predicted molar refractivity (Wildman–Crippen MR) is 74.7 cm³/mol. The van der Waals surface area contributed by atoms with Crippen molar-refractivity contribution in [1.29, 1.82) is 0 Å². The molecule has 18 heavy (non-hydrogen) atoms. The van der Waals surface area contributed by atoms with Crippen LogP contribution in [-0.4, -0.2) is 18.9 Å². The summed E-state index contributed by atoms with van der Waals surface area (Å²) in [7, 11) is 0. The van der Waals surface area contributed by atoms with E-state index in [4.69, 9.17) is 9.47 Å². The first-order valence-corrected chi connectivity index (χ1v) is 7.47. The van der Waals surface area contributed by atoms with E-state index in [1.165, 1.54) is 25.7 Å². The Balaban J connectivity index is 3.68. The van der Waals surface area contributed by atoms with Crippen molar-refractivity contribution in [2.45, 2.75) is 78.7 Å². The molecule has 0 amide bonds. The van der Waals surface area contributed by atoms with Crippen LogP contribution in [0.4, 0.5) is 4.79 Å². The van der Waals surface area contributed by atoms with Crippen LogP contribution in [0.25, 0.3) is 0 Å². The lowest BCUT2D eigenvalue weighted by Crippen LogP contribution is -2.19. The minimum atomic E-state index is -0.517. The first-order chi connectivity index (χ1) is 8.63. The van der Waals surface area contributed by atoms with Gasteiger partial charge in [0.25, 0.3) is 0 Å². The zero-order chi connectivity index (χ0) is 13.8. The van der Waals surface area contributed by atoms with Crippen molar-refractivity contribution in [3.05, 3.63) is 0 Å². The van der Waals surface area contributed by atoms with Gasteiger partial charge in [0.2, 0.25) is 0 Å². The summed E-state index contributed by atoms with van der Waals surface area (Å²) >= 11 is 0. The highest BCUT2D eigenvalue weighted by atomic mass is 16.7. The first-order valence-electron chi connectivity index (χ1n) is 7.47. The van der Waals surface area contributed by atoms with Gasteiger partial charge in [-0.3, -0.25) is 0 Å². The topological polar surface area (TPSA) is 35.5 Å². The Kier molecular flexibility index (Phi) is 10.9. The second kappa shape index (κ2) is 11.4. The summed E-state index contributed by atoms with van der Waals surface area (Å²) in [5, 5.41) is 0. The highest BCUT2D eigenvalue weighted by Crippen LogP contribution is 2.15. The van der Waals surface area contributed by atoms with Crippen LogP contribution < -0.4 is 0 Å². The zero-order valence-corrected chi connectivity index (χ0v) is 12.5. The Bertz CT molecular complexity index is 204. The van der Waals surface area contributed by atoms with Crippen molar-refractivity contribution in [2.24, 2.45) is 5.92 Å². The fourth-order valence-corrected chi connectivity index (χ4v) is 1.73. The van der Waals surface area contributed by atoms with Gasteiger partial charge in [-0.1, -0.05) is 52.9 Å². The molecule has 2 unspecified atom stereocenters. The largest absolute Gasteiger partial charge is 0.508 e. The average Bonchev–Trinajstić information content (AvgIpc) is 2.37. The number of rotatable bonds is 10. The lowest BCUT2D eigenvalue weighted by atomic mass is 9.99. The minimum Gasteiger partial charge on any atom is -0.434 e. The summed E-state index contributed by atoms with van der Waals surface area (Å²) < 4.78 is 10.2. The number of ether oxygens (including phenoxy) is 2. The molecule has 0 heterocycles. The van der Waals surface area contributed by atoms with Crippen molar-refractivity contribution in [2.75, 3.05) is 6.61 Å². The summed E-state index contributed by atoms with van der Waals surface area (Å²) in [4.78, 5) is 11.4. The van der Waals surface area contributed by atoms with Crippen LogP contribution in [0, 0.1) is 5.92 Å². The fourth-order valence-electron chi connectivity index (χ4n) is 1.73. The number of carbonyl (C=O) groups excluding carboxylic acids is 1. The quantitative estimate of drug-likeness (QED) is 0.411. The van der Waals surface area contributed by atoms with Gasteiger partial charge >= 0.3 is 6.16 Å². The molecule has 3 heteroatoms. The highest BCUT2D eigenvalue weighted by molar-refractivity contribution is 5.60. The molecular formula is C15H30O3. The summed E-state index contributed by atoms with van der Waals surface area (Å²) in [5.74, 6) is 0.478. The maximum Gasteiger partial charge on any atom is 0.508 e. The van der Waals surface area contributed by atoms with E-state index < -0.39 is 6.16 Å². The van der Waals surface area contributed by atoms with Crippen molar-refractivity contribution in [3.8, 4) is 0 Å². The molecule has 0 radical (unpaired) electrons. The van der Waals surface area contributed by atoms with E-state index in [1.807, 2.05) is 13.8 Å². The number of unbranched alkanes of at least 4 members (excludes halogenated alkanes) is 3. The van der Waals surface area contributed by atoms with E-state index >= 15 is 0 Å². The second-order valence-corrected chi connectivity index (χ2v) is 5.02. The summed E-state index contributed by atoms with van der Waals surface area (Å²) in [6.45, 7) is 8.72. The molecule has 0 spiro atoms. The van der Waals surface area contributed by atoms with E-state index in [1.54, 1.807) is 0 Å². The van der Waals surface area contributed by atoms with Crippen LogP contribution in [0.3, 0.4) is 0 Å². The smallest absolute Gasteiger partial charge is 0.434 e. The third-order valence-corrected chi connectivity index (χ3v) is 3.35. The van der Waals surface area contributed by atoms with Crippen LogP contribution >= 0.6 is 0 Å². The van der Waals surface area contributed by atoms with E-state index in [0.29, 0.717) is 12.5 Å². The third kappa shape index (κ3) is 9.32. The Labute approximate surface area is 112 Å². The van der Waals surface area contributed by atoms with Gasteiger partial charge in [0.1, 0.15) is 6.10 Å². The number of carbonyl (C=O) groups is 1. The molecule has 0 saturated carbocycles. The molecule has 3 nitrogen and oxygen atoms in total. The zero-order valence-electron chi connectivity index (χ0n) is 12.5. The fraction of sp³-hybridized carbons (Fsp3) is 0.933. The molecule has 0 aliphatic carbocycles. The lowest BCUT2D eigenvalue weighted by Gasteiger charge is -2.16. The number of hydrogen-bond acceptors (Lipinski definition) is 3. The minimum absolute atomic E-state index is 0.0536. The maximum atomic E-state index is 11.4. The van der Waals surface area contributed by atoms with Gasteiger partial charge in [0, 0.05) is 0 Å². The molecule has 0 bridgehead atoms. The van der Waals surface area contributed by atoms with E-state index in [9.17, 15) is 4.79 Å². The SMILES string of the molecule is CCCCCCC(CC)COC(=O)OC(C)CC. The van der Waals surface area contributed by atoms with Crippen LogP contribution in [-0.2, 0) is 9.47 Å². The second-order valence-electron chi connectivity index (χ2n) is 5.02. The first kappa shape index (κ1) is 17.3. The van der Waals surface area contributed by atoms with Crippen LogP contribution in [0.5, 0.6) is 0 Å². The Hall–Kier alpha value is -0.730. The standard InChI is InChI=1S/C15H30O3/c1-5-8-9-10-11-14(7-3)12-17-15(16)18-13(4)6-2/h13-14H,5-12H2,1-4H3. The molecule has 0 fully saturated rings. The number of hydrogen-bond donors (Lipinski definition) is 0. The molecule has 0 rings (SSSR count). The van der Waals surface area contributed by atoms with E-state index in [0.717, 1.165) is 19.3 Å². The highest BCUT2D eigenvalue weighted by Gasteiger charge is 2.12. The van der Waals surface area contributed by atoms with Crippen molar-refractivity contribution < 1.29 is 14.3 Å². The van der Waals surface area contributed by atoms with E-state index in [2.05, 4.69) is 13.8 Å². The Morgan fingerprint density at radius 2 is 1.78 bits per heavy atom. The van der Waals surface area contributed by atoms with Gasteiger partial charge in [-0.15, -0.1) is 0 Å². The van der Waals surface area contributed by atoms with Gasteiger partial charge in [0.15, 0.2) is 0 Å². The molecule has 0 saturated heterocycles. The molecule has 0 aromatic carbocycles. The summed E-state index contributed by atoms with van der Waals surface area (Å²) in [6.07, 6.45) is 7.53. The van der Waals surface area contributed by atoms with Crippen molar-refractivity contribution in [3.63, 3.8) is 0 Å². The van der Waals surface area contributed by atoms with Gasteiger partial charge in [-0.2, -0.15) is 0 Å². The monoisotopic (exact) mass is 258 g/mol. The van der Waals surface area contributed by atoms with Crippen molar-refractivity contribution >= 4 is 6.16 Å². The molecule has 0 aliphatic heterocycles. The van der Waals surface area contributed by atoms with Crippen LogP contribution in [0.1, 0.15) is 72.6 Å². The third-order valence-electron chi connectivity index (χ3n) is 3.35. The van der Waals surface area contributed by atoms with Gasteiger partial charge in [0.05, 0.1) is 6.61 Å². The van der Waals surface area contributed by atoms with E-state index in [-0.39, 0.29) is 6.10 Å². The van der Waals surface area contributed by atoms with Crippen LogP contribution in [0.15, 0.2) is 0 Å². The van der Waals surface area contributed by atoms with Crippen LogP contribution in [0.2, 0.25) is 0 Å². The van der Waals surface area contributed by atoms with Gasteiger partial charge < -0.3 is 9.47 Å².